The second-order valence-electron chi connectivity index (χ2n) is 7.29. The van der Waals surface area contributed by atoms with E-state index in [4.69, 9.17) is 0 Å². The van der Waals surface area contributed by atoms with Gasteiger partial charge in [0.05, 0.1) is 0 Å². The van der Waals surface area contributed by atoms with Gasteiger partial charge in [-0.15, -0.1) is 0 Å². The van der Waals surface area contributed by atoms with Gasteiger partial charge in [0.25, 0.3) is 0 Å². The molecule has 0 aromatic carbocycles. The lowest BCUT2D eigenvalue weighted by atomic mass is 9.95. The smallest absolute Gasteiger partial charge is 0.323 e. The number of rotatable bonds is 8. The predicted molar refractivity (Wildman–Crippen MR) is 85.6 cm³/mol. The van der Waals surface area contributed by atoms with Crippen LogP contribution in [0.2, 0.25) is 0 Å². The average molecular weight is 296 g/mol. The summed E-state index contributed by atoms with van der Waals surface area (Å²) in [7, 11) is 2.21. The van der Waals surface area contributed by atoms with E-state index in [1.54, 1.807) is 0 Å². The summed E-state index contributed by atoms with van der Waals surface area (Å²) in [6, 6.07) is 1.14. The molecule has 0 radical (unpaired) electrons. The number of hydrogen-bond donors (Lipinski definition) is 2. The number of aliphatic carboxylic acids is 1. The first-order chi connectivity index (χ1) is 10.0. The van der Waals surface area contributed by atoms with Crippen LogP contribution in [0.5, 0.6) is 0 Å². The highest BCUT2D eigenvalue weighted by molar-refractivity contribution is 5.78. The Labute approximate surface area is 129 Å². The predicted octanol–water partition coefficient (Wildman–Crippen LogP) is 3.02. The van der Waals surface area contributed by atoms with Gasteiger partial charge in [-0.05, 0) is 59.0 Å². The van der Waals surface area contributed by atoms with Gasteiger partial charge in [-0.25, -0.2) is 0 Å². The Bertz CT molecular complexity index is 336. The Morgan fingerprint density at radius 2 is 1.81 bits per heavy atom. The molecule has 0 spiro atoms. The molecule has 0 amide bonds. The van der Waals surface area contributed by atoms with E-state index >= 15 is 0 Å². The van der Waals surface area contributed by atoms with Crippen LogP contribution in [0.25, 0.3) is 0 Å². The van der Waals surface area contributed by atoms with Crippen molar-refractivity contribution in [2.75, 3.05) is 13.6 Å². The van der Waals surface area contributed by atoms with Gasteiger partial charge in [-0.3, -0.25) is 10.1 Å². The van der Waals surface area contributed by atoms with Gasteiger partial charge in [0.15, 0.2) is 0 Å². The van der Waals surface area contributed by atoms with Crippen molar-refractivity contribution in [1.82, 2.24) is 10.2 Å². The Morgan fingerprint density at radius 1 is 1.19 bits per heavy atom. The number of carbonyl (C=O) groups is 1. The molecule has 2 fully saturated rings. The summed E-state index contributed by atoms with van der Waals surface area (Å²) in [6.45, 7) is 2.86. The molecule has 0 aromatic heterocycles. The molecule has 122 valence electrons. The van der Waals surface area contributed by atoms with Crippen molar-refractivity contribution in [2.24, 2.45) is 0 Å². The summed E-state index contributed by atoms with van der Waals surface area (Å²) in [5.74, 6) is -0.702. The Balaban J connectivity index is 1.74. The monoisotopic (exact) mass is 296 g/mol. The quantitative estimate of drug-likeness (QED) is 0.676. The van der Waals surface area contributed by atoms with Gasteiger partial charge in [-0.1, -0.05) is 25.7 Å². The lowest BCUT2D eigenvalue weighted by Gasteiger charge is -2.30. The fourth-order valence-corrected chi connectivity index (χ4v) is 3.48. The van der Waals surface area contributed by atoms with E-state index in [0.717, 1.165) is 32.2 Å². The highest BCUT2D eigenvalue weighted by atomic mass is 16.4. The van der Waals surface area contributed by atoms with E-state index in [1.807, 2.05) is 6.92 Å². The summed E-state index contributed by atoms with van der Waals surface area (Å²) < 4.78 is 0. The van der Waals surface area contributed by atoms with E-state index < -0.39 is 11.5 Å². The maximum atomic E-state index is 11.5. The Kier molecular flexibility index (Phi) is 6.06. The van der Waals surface area contributed by atoms with E-state index in [2.05, 4.69) is 17.3 Å². The van der Waals surface area contributed by atoms with Crippen molar-refractivity contribution in [1.29, 1.82) is 0 Å². The standard InChI is InChI=1S/C17H32N2O2/c1-17(16(20)21,18-14-10-11-14)12-7-13-19(2)15-8-5-3-4-6-9-15/h14-15,18H,3-13H2,1-2H3,(H,20,21). The SMILES string of the molecule is CN(CCCC(C)(NC1CC1)C(=O)O)C1CCCCCC1. The number of hydrogen-bond acceptors (Lipinski definition) is 3. The van der Waals surface area contributed by atoms with E-state index in [0.29, 0.717) is 12.1 Å². The number of carboxylic acid groups (broad SMARTS) is 1. The molecule has 0 aromatic rings. The molecule has 2 N–H and O–H groups in total. The highest BCUT2D eigenvalue weighted by Gasteiger charge is 2.38. The Morgan fingerprint density at radius 3 is 2.33 bits per heavy atom. The van der Waals surface area contributed by atoms with Crippen molar-refractivity contribution in [3.63, 3.8) is 0 Å². The Hall–Kier alpha value is -0.610. The molecule has 2 saturated carbocycles. The maximum Gasteiger partial charge on any atom is 0.323 e. The van der Waals surface area contributed by atoms with Crippen LogP contribution in [0.1, 0.15) is 71.1 Å². The number of nitrogens with zero attached hydrogens (tertiary/aromatic N) is 1. The molecule has 0 bridgehead atoms. The first-order valence-corrected chi connectivity index (χ1v) is 8.72. The fourth-order valence-electron chi connectivity index (χ4n) is 3.48. The van der Waals surface area contributed by atoms with Crippen LogP contribution in [0.3, 0.4) is 0 Å². The molecule has 1 unspecified atom stereocenters. The van der Waals surface area contributed by atoms with E-state index in [9.17, 15) is 9.90 Å². The molecule has 4 heteroatoms. The zero-order valence-electron chi connectivity index (χ0n) is 13.7. The minimum Gasteiger partial charge on any atom is -0.480 e. The van der Waals surface area contributed by atoms with E-state index in [1.165, 1.54) is 38.5 Å². The third-order valence-electron chi connectivity index (χ3n) is 5.21. The molecule has 21 heavy (non-hydrogen) atoms. The topological polar surface area (TPSA) is 52.6 Å². The zero-order valence-corrected chi connectivity index (χ0v) is 13.7. The molecule has 0 heterocycles. The molecule has 2 aliphatic carbocycles. The van der Waals surface area contributed by atoms with Crippen LogP contribution in [0.4, 0.5) is 0 Å². The maximum absolute atomic E-state index is 11.5. The minimum atomic E-state index is -0.745. The van der Waals surface area contributed by atoms with Crippen LogP contribution < -0.4 is 5.32 Å². The number of carboxylic acids is 1. The van der Waals surface area contributed by atoms with Crippen molar-refractivity contribution in [3.8, 4) is 0 Å². The first-order valence-electron chi connectivity index (χ1n) is 8.72. The normalized spacial score (nSPS) is 23.8. The average Bonchev–Trinajstić information content (AvgIpc) is 3.24. The molecule has 0 saturated heterocycles. The molecular weight excluding hydrogens is 264 g/mol. The summed E-state index contributed by atoms with van der Waals surface area (Å²) >= 11 is 0. The lowest BCUT2D eigenvalue weighted by Crippen LogP contribution is -2.51. The molecule has 4 nitrogen and oxygen atoms in total. The molecule has 2 rings (SSSR count). The summed E-state index contributed by atoms with van der Waals surface area (Å²) in [5, 5.41) is 12.8. The van der Waals surface area contributed by atoms with E-state index in [-0.39, 0.29) is 0 Å². The van der Waals surface area contributed by atoms with Crippen LogP contribution in [0.15, 0.2) is 0 Å². The van der Waals surface area contributed by atoms with Crippen molar-refractivity contribution in [2.45, 2.75) is 88.8 Å². The molecule has 0 aliphatic heterocycles. The van der Waals surface area contributed by atoms with Gasteiger partial charge >= 0.3 is 5.97 Å². The molecule has 2 aliphatic rings. The van der Waals surface area contributed by atoms with Crippen LogP contribution >= 0.6 is 0 Å². The van der Waals surface area contributed by atoms with Gasteiger partial charge in [0.1, 0.15) is 5.54 Å². The summed E-state index contributed by atoms with van der Waals surface area (Å²) in [4.78, 5) is 14.0. The van der Waals surface area contributed by atoms with Crippen LogP contribution in [-0.4, -0.2) is 47.2 Å². The van der Waals surface area contributed by atoms with Crippen molar-refractivity contribution >= 4 is 5.97 Å². The van der Waals surface area contributed by atoms with Crippen molar-refractivity contribution in [3.05, 3.63) is 0 Å². The zero-order chi connectivity index (χ0) is 15.3. The van der Waals surface area contributed by atoms with Crippen LogP contribution in [-0.2, 0) is 4.79 Å². The third kappa shape index (κ3) is 5.26. The second-order valence-corrected chi connectivity index (χ2v) is 7.29. The summed E-state index contributed by atoms with van der Waals surface area (Å²) in [6.07, 6.45) is 12.0. The largest absolute Gasteiger partial charge is 0.480 e. The van der Waals surface area contributed by atoms with Gasteiger partial charge in [-0.2, -0.15) is 0 Å². The molecule has 1 atom stereocenters. The van der Waals surface area contributed by atoms with Crippen LogP contribution in [0, 0.1) is 0 Å². The fraction of sp³-hybridized carbons (Fsp3) is 0.941. The third-order valence-corrected chi connectivity index (χ3v) is 5.21. The minimum absolute atomic E-state index is 0.436. The lowest BCUT2D eigenvalue weighted by molar-refractivity contribution is -0.144. The first kappa shape index (κ1) is 16.8. The number of nitrogens with one attached hydrogen (secondary N) is 1. The second kappa shape index (κ2) is 7.59. The van der Waals surface area contributed by atoms with Gasteiger partial charge < -0.3 is 10.0 Å². The van der Waals surface area contributed by atoms with Gasteiger partial charge in [0, 0.05) is 12.1 Å². The highest BCUT2D eigenvalue weighted by Crippen LogP contribution is 2.26. The molecular formula is C17H32N2O2. The van der Waals surface area contributed by atoms with Crippen molar-refractivity contribution < 1.29 is 9.90 Å². The summed E-state index contributed by atoms with van der Waals surface area (Å²) in [5.41, 5.74) is -0.745. The van der Waals surface area contributed by atoms with Gasteiger partial charge in [0.2, 0.25) is 0 Å².